The van der Waals surface area contributed by atoms with Crippen LogP contribution in [0.5, 0.6) is 11.8 Å². The zero-order chi connectivity index (χ0) is 23.2. The van der Waals surface area contributed by atoms with Crippen molar-refractivity contribution in [1.29, 1.82) is 0 Å². The summed E-state index contributed by atoms with van der Waals surface area (Å²) in [6.45, 7) is 9.63. The molecule has 33 heavy (non-hydrogen) atoms. The zero-order valence-corrected chi connectivity index (χ0v) is 19.7. The molecule has 0 saturated carbocycles. The van der Waals surface area contributed by atoms with Crippen LogP contribution in [0.3, 0.4) is 0 Å². The number of hydrogen-bond donors (Lipinski definition) is 0. The fourth-order valence-electron chi connectivity index (χ4n) is 3.61. The Morgan fingerprint density at radius 2 is 1.67 bits per heavy atom. The van der Waals surface area contributed by atoms with E-state index in [4.69, 9.17) is 9.57 Å². The molecule has 0 amide bonds. The second kappa shape index (κ2) is 10.4. The SMILES string of the molecule is CCc1cnc(N2CCC(Oc3ncnc(O/N=C(/C)c4ccc(C)cc4)c3C)CC2)nc1. The van der Waals surface area contributed by atoms with Crippen molar-refractivity contribution in [1.82, 2.24) is 19.9 Å². The quantitative estimate of drug-likeness (QED) is 0.395. The standard InChI is InChI=1S/C25H30N6O2/c1-5-20-14-26-25(27-15-20)31-12-10-22(11-13-31)32-23-18(3)24(29-16-28-23)33-30-19(4)21-8-6-17(2)7-9-21/h6-9,14-16,22H,5,10-13H2,1-4H3/b30-19-. The Balaban J connectivity index is 1.36. The number of ether oxygens (including phenoxy) is 1. The Morgan fingerprint density at radius 3 is 2.33 bits per heavy atom. The average Bonchev–Trinajstić information content (AvgIpc) is 2.85. The van der Waals surface area contributed by atoms with Crippen molar-refractivity contribution in [3.05, 3.63) is 65.2 Å². The average molecular weight is 447 g/mol. The minimum atomic E-state index is 0.0652. The monoisotopic (exact) mass is 446 g/mol. The van der Waals surface area contributed by atoms with Gasteiger partial charge in [-0.1, -0.05) is 41.9 Å². The van der Waals surface area contributed by atoms with Gasteiger partial charge in [-0.05, 0) is 38.3 Å². The predicted octanol–water partition coefficient (Wildman–Crippen LogP) is 4.30. The maximum atomic E-state index is 6.21. The van der Waals surface area contributed by atoms with Gasteiger partial charge in [0.2, 0.25) is 11.8 Å². The highest BCUT2D eigenvalue weighted by Crippen LogP contribution is 2.26. The Hall–Kier alpha value is -3.55. The predicted molar refractivity (Wildman–Crippen MR) is 128 cm³/mol. The molecule has 3 heterocycles. The van der Waals surface area contributed by atoms with Crippen LogP contribution in [-0.2, 0) is 6.42 Å². The summed E-state index contributed by atoms with van der Waals surface area (Å²) >= 11 is 0. The fourth-order valence-corrected chi connectivity index (χ4v) is 3.61. The van der Waals surface area contributed by atoms with E-state index in [9.17, 15) is 0 Å². The van der Waals surface area contributed by atoms with Gasteiger partial charge in [0.05, 0.1) is 11.3 Å². The minimum Gasteiger partial charge on any atom is -0.474 e. The van der Waals surface area contributed by atoms with Crippen molar-refractivity contribution in [3.8, 4) is 11.8 Å². The van der Waals surface area contributed by atoms with E-state index in [0.29, 0.717) is 11.8 Å². The lowest BCUT2D eigenvalue weighted by atomic mass is 10.1. The first-order chi connectivity index (χ1) is 16.0. The zero-order valence-electron chi connectivity index (χ0n) is 19.7. The van der Waals surface area contributed by atoms with Crippen molar-refractivity contribution in [2.75, 3.05) is 18.0 Å². The number of benzene rings is 1. The van der Waals surface area contributed by atoms with E-state index in [2.05, 4.69) is 43.8 Å². The number of piperidine rings is 1. The van der Waals surface area contributed by atoms with Gasteiger partial charge in [0, 0.05) is 38.3 Å². The maximum Gasteiger partial charge on any atom is 0.258 e. The Morgan fingerprint density at radius 1 is 1.00 bits per heavy atom. The molecule has 1 aliphatic heterocycles. The normalized spacial score (nSPS) is 14.9. The van der Waals surface area contributed by atoms with Crippen molar-refractivity contribution < 1.29 is 9.57 Å². The van der Waals surface area contributed by atoms with Crippen molar-refractivity contribution >= 4 is 11.7 Å². The van der Waals surface area contributed by atoms with Gasteiger partial charge in [-0.25, -0.2) is 15.0 Å². The molecular formula is C25H30N6O2. The number of rotatable bonds is 7. The molecule has 0 N–H and O–H groups in total. The van der Waals surface area contributed by atoms with E-state index in [0.717, 1.165) is 60.7 Å². The van der Waals surface area contributed by atoms with Crippen LogP contribution in [-0.4, -0.2) is 44.8 Å². The van der Waals surface area contributed by atoms with E-state index in [-0.39, 0.29) is 6.10 Å². The second-order valence-corrected chi connectivity index (χ2v) is 8.29. The lowest BCUT2D eigenvalue weighted by Gasteiger charge is -2.32. The van der Waals surface area contributed by atoms with Crippen LogP contribution < -0.4 is 14.5 Å². The molecule has 0 spiro atoms. The molecule has 2 aromatic heterocycles. The minimum absolute atomic E-state index is 0.0652. The number of nitrogens with zero attached hydrogens (tertiary/aromatic N) is 6. The van der Waals surface area contributed by atoms with E-state index < -0.39 is 0 Å². The van der Waals surface area contributed by atoms with Gasteiger partial charge < -0.3 is 14.5 Å². The first-order valence-electron chi connectivity index (χ1n) is 11.4. The van der Waals surface area contributed by atoms with E-state index in [1.54, 1.807) is 0 Å². The van der Waals surface area contributed by atoms with Gasteiger partial charge >= 0.3 is 0 Å². The van der Waals surface area contributed by atoms with Crippen LogP contribution >= 0.6 is 0 Å². The Labute approximate surface area is 194 Å². The topological polar surface area (TPSA) is 85.6 Å². The summed E-state index contributed by atoms with van der Waals surface area (Å²) in [7, 11) is 0. The maximum absolute atomic E-state index is 6.21. The molecule has 3 aromatic rings. The van der Waals surface area contributed by atoms with Crippen molar-refractivity contribution in [3.63, 3.8) is 0 Å². The Bertz CT molecular complexity index is 1090. The number of hydrogen-bond acceptors (Lipinski definition) is 8. The Kier molecular flexibility index (Phi) is 7.12. The first-order valence-corrected chi connectivity index (χ1v) is 11.4. The molecule has 8 heteroatoms. The van der Waals surface area contributed by atoms with Gasteiger partial charge in [0.15, 0.2) is 0 Å². The van der Waals surface area contributed by atoms with Crippen LogP contribution in [0.1, 0.15) is 48.9 Å². The van der Waals surface area contributed by atoms with E-state index in [1.165, 1.54) is 11.9 Å². The molecule has 8 nitrogen and oxygen atoms in total. The van der Waals surface area contributed by atoms with Crippen LogP contribution in [0.2, 0.25) is 0 Å². The van der Waals surface area contributed by atoms with Crippen LogP contribution in [0.15, 0.2) is 48.1 Å². The van der Waals surface area contributed by atoms with Crippen molar-refractivity contribution in [2.24, 2.45) is 5.16 Å². The molecule has 0 aliphatic carbocycles. The molecule has 0 atom stereocenters. The number of aryl methyl sites for hydroxylation is 2. The van der Waals surface area contributed by atoms with Crippen LogP contribution in [0.25, 0.3) is 0 Å². The lowest BCUT2D eigenvalue weighted by Crippen LogP contribution is -2.39. The largest absolute Gasteiger partial charge is 0.474 e. The smallest absolute Gasteiger partial charge is 0.258 e. The molecule has 1 fully saturated rings. The molecule has 1 aromatic carbocycles. The highest BCUT2D eigenvalue weighted by molar-refractivity contribution is 5.98. The van der Waals surface area contributed by atoms with E-state index >= 15 is 0 Å². The first kappa shape index (κ1) is 22.6. The fraction of sp³-hybridized carbons (Fsp3) is 0.400. The highest BCUT2D eigenvalue weighted by Gasteiger charge is 2.24. The molecule has 0 bridgehead atoms. The third kappa shape index (κ3) is 5.63. The molecule has 4 rings (SSSR count). The summed E-state index contributed by atoms with van der Waals surface area (Å²) in [5.41, 5.74) is 4.86. The molecule has 0 radical (unpaired) electrons. The molecule has 1 saturated heterocycles. The van der Waals surface area contributed by atoms with Gasteiger partial charge in [-0.15, -0.1) is 0 Å². The van der Waals surface area contributed by atoms with E-state index in [1.807, 2.05) is 50.5 Å². The summed E-state index contributed by atoms with van der Waals surface area (Å²) in [5, 5.41) is 4.25. The number of anilines is 1. The van der Waals surface area contributed by atoms with Crippen molar-refractivity contribution in [2.45, 2.75) is 53.1 Å². The number of oxime groups is 1. The highest BCUT2D eigenvalue weighted by atomic mass is 16.6. The molecule has 1 aliphatic rings. The summed E-state index contributed by atoms with van der Waals surface area (Å²) in [6, 6.07) is 8.14. The summed E-state index contributed by atoms with van der Waals surface area (Å²) in [5.74, 6) is 1.71. The van der Waals surface area contributed by atoms with Crippen LogP contribution in [0.4, 0.5) is 5.95 Å². The summed E-state index contributed by atoms with van der Waals surface area (Å²) in [6.07, 6.45) is 7.99. The van der Waals surface area contributed by atoms with Gasteiger partial charge in [-0.3, -0.25) is 0 Å². The van der Waals surface area contributed by atoms with Gasteiger partial charge in [0.25, 0.3) is 5.88 Å². The summed E-state index contributed by atoms with van der Waals surface area (Å²) in [4.78, 5) is 25.4. The number of aromatic nitrogens is 4. The molecule has 0 unspecified atom stereocenters. The third-order valence-electron chi connectivity index (χ3n) is 5.83. The summed E-state index contributed by atoms with van der Waals surface area (Å²) < 4.78 is 6.21. The lowest BCUT2D eigenvalue weighted by molar-refractivity contribution is 0.160. The van der Waals surface area contributed by atoms with Gasteiger partial charge in [-0.2, -0.15) is 4.98 Å². The molecular weight excluding hydrogens is 416 g/mol. The molecule has 172 valence electrons. The van der Waals surface area contributed by atoms with Crippen LogP contribution in [0, 0.1) is 13.8 Å². The van der Waals surface area contributed by atoms with Gasteiger partial charge in [0.1, 0.15) is 12.4 Å². The third-order valence-corrected chi connectivity index (χ3v) is 5.83. The second-order valence-electron chi connectivity index (χ2n) is 8.29.